The van der Waals surface area contributed by atoms with Crippen molar-refractivity contribution in [2.24, 2.45) is 0 Å². The van der Waals surface area contributed by atoms with Crippen LogP contribution in [0.3, 0.4) is 0 Å². The van der Waals surface area contributed by atoms with Gasteiger partial charge in [-0.15, -0.1) is 0 Å². The lowest BCUT2D eigenvalue weighted by molar-refractivity contribution is 0.355. The van der Waals surface area contributed by atoms with Crippen LogP contribution in [0.4, 0.5) is 23.3 Å². The molecule has 0 atom stereocenters. The highest BCUT2D eigenvalue weighted by molar-refractivity contribution is 5.61. The molecular formula is C17H19N5O3. The summed E-state index contributed by atoms with van der Waals surface area (Å²) in [5, 5.41) is 10.2. The smallest absolute Gasteiger partial charge is 0.229 e. The highest BCUT2D eigenvalue weighted by Gasteiger charge is 2.08. The fourth-order valence-corrected chi connectivity index (χ4v) is 2.29. The number of nitrogens with one attached hydrogen (secondary N) is 2. The zero-order chi connectivity index (χ0) is 17.8. The molecule has 3 aromatic rings. The van der Waals surface area contributed by atoms with Gasteiger partial charge in [0.05, 0.1) is 14.2 Å². The molecular weight excluding hydrogens is 322 g/mol. The van der Waals surface area contributed by atoms with Crippen LogP contribution in [-0.2, 0) is 0 Å². The van der Waals surface area contributed by atoms with Crippen LogP contribution in [0.25, 0.3) is 0 Å². The van der Waals surface area contributed by atoms with Crippen molar-refractivity contribution in [2.45, 2.75) is 13.8 Å². The van der Waals surface area contributed by atoms with Gasteiger partial charge in [0, 0.05) is 29.6 Å². The number of hydrogen-bond donors (Lipinski definition) is 2. The molecule has 2 aromatic heterocycles. The standard InChI is InChI=1S/C17H19N5O3/c1-10-7-15(20-16-8-11(2)25-22-16)21-17(18-10)19-12-5-6-13(23-3)14(9-12)24-4/h5-9H,1-4H3,(H2,18,19,20,21,22). The molecule has 2 heterocycles. The van der Waals surface area contributed by atoms with Crippen LogP contribution in [0.15, 0.2) is 34.9 Å². The molecule has 0 radical (unpaired) electrons. The monoisotopic (exact) mass is 341 g/mol. The predicted molar refractivity (Wildman–Crippen MR) is 94.1 cm³/mol. The minimum atomic E-state index is 0.454. The highest BCUT2D eigenvalue weighted by Crippen LogP contribution is 2.30. The van der Waals surface area contributed by atoms with Crippen molar-refractivity contribution >= 4 is 23.3 Å². The van der Waals surface area contributed by atoms with Gasteiger partial charge >= 0.3 is 0 Å². The summed E-state index contributed by atoms with van der Waals surface area (Å²) >= 11 is 0. The Kier molecular flexibility index (Phi) is 4.69. The summed E-state index contributed by atoms with van der Waals surface area (Å²) in [6, 6.07) is 9.11. The minimum Gasteiger partial charge on any atom is -0.493 e. The maximum Gasteiger partial charge on any atom is 0.229 e. The van der Waals surface area contributed by atoms with Crippen LogP contribution < -0.4 is 20.1 Å². The first-order valence-corrected chi connectivity index (χ1v) is 7.62. The summed E-state index contributed by atoms with van der Waals surface area (Å²) in [5.74, 6) is 3.65. The average Bonchev–Trinajstić information content (AvgIpc) is 2.99. The van der Waals surface area contributed by atoms with E-state index in [9.17, 15) is 0 Å². The number of ether oxygens (including phenoxy) is 2. The Morgan fingerprint density at radius 1 is 0.880 bits per heavy atom. The second-order valence-corrected chi connectivity index (χ2v) is 5.36. The zero-order valence-electron chi connectivity index (χ0n) is 14.5. The van der Waals surface area contributed by atoms with Crippen molar-refractivity contribution in [3.63, 3.8) is 0 Å². The van der Waals surface area contributed by atoms with E-state index >= 15 is 0 Å². The van der Waals surface area contributed by atoms with Crippen molar-refractivity contribution < 1.29 is 14.0 Å². The molecule has 1 aromatic carbocycles. The quantitative estimate of drug-likeness (QED) is 0.702. The van der Waals surface area contributed by atoms with Crippen molar-refractivity contribution in [2.75, 3.05) is 24.9 Å². The van der Waals surface area contributed by atoms with Crippen molar-refractivity contribution in [3.05, 3.63) is 41.8 Å². The molecule has 0 amide bonds. The Labute approximate surface area is 145 Å². The lowest BCUT2D eigenvalue weighted by Gasteiger charge is -2.11. The van der Waals surface area contributed by atoms with E-state index in [1.54, 1.807) is 20.3 Å². The topological polar surface area (TPSA) is 94.3 Å². The van der Waals surface area contributed by atoms with Gasteiger partial charge in [-0.1, -0.05) is 5.16 Å². The summed E-state index contributed by atoms with van der Waals surface area (Å²) < 4.78 is 15.6. The summed E-state index contributed by atoms with van der Waals surface area (Å²) in [7, 11) is 3.19. The van der Waals surface area contributed by atoms with Crippen LogP contribution in [0.5, 0.6) is 11.5 Å². The lowest BCUT2D eigenvalue weighted by atomic mass is 10.3. The predicted octanol–water partition coefficient (Wildman–Crippen LogP) is 3.59. The molecule has 25 heavy (non-hydrogen) atoms. The molecule has 0 aliphatic rings. The summed E-state index contributed by atoms with van der Waals surface area (Å²) in [6.45, 7) is 3.72. The van der Waals surface area contributed by atoms with E-state index in [1.807, 2.05) is 38.1 Å². The van der Waals surface area contributed by atoms with Crippen molar-refractivity contribution in [3.8, 4) is 11.5 Å². The summed E-state index contributed by atoms with van der Waals surface area (Å²) in [5.41, 5.74) is 1.59. The molecule has 0 unspecified atom stereocenters. The summed E-state index contributed by atoms with van der Waals surface area (Å²) in [6.07, 6.45) is 0. The second kappa shape index (κ2) is 7.08. The van der Waals surface area contributed by atoms with Gasteiger partial charge in [-0.3, -0.25) is 0 Å². The molecule has 0 aliphatic carbocycles. The molecule has 0 aliphatic heterocycles. The van der Waals surface area contributed by atoms with E-state index in [2.05, 4.69) is 25.8 Å². The second-order valence-electron chi connectivity index (χ2n) is 5.36. The number of hydrogen-bond acceptors (Lipinski definition) is 8. The van der Waals surface area contributed by atoms with E-state index in [1.165, 1.54) is 0 Å². The highest BCUT2D eigenvalue weighted by atomic mass is 16.5. The number of methoxy groups -OCH3 is 2. The van der Waals surface area contributed by atoms with Gasteiger partial charge < -0.3 is 24.6 Å². The Balaban J connectivity index is 1.83. The third-order valence-corrected chi connectivity index (χ3v) is 3.38. The van der Waals surface area contributed by atoms with Gasteiger partial charge in [0.25, 0.3) is 0 Å². The number of aromatic nitrogens is 3. The van der Waals surface area contributed by atoms with E-state index in [-0.39, 0.29) is 0 Å². The zero-order valence-corrected chi connectivity index (χ0v) is 14.5. The first-order chi connectivity index (χ1) is 12.1. The first-order valence-electron chi connectivity index (χ1n) is 7.62. The maximum absolute atomic E-state index is 5.31. The number of rotatable bonds is 6. The SMILES string of the molecule is COc1ccc(Nc2nc(C)cc(Nc3cc(C)on3)n2)cc1OC. The largest absolute Gasteiger partial charge is 0.493 e. The number of aryl methyl sites for hydroxylation is 2. The van der Waals surface area contributed by atoms with Crippen molar-refractivity contribution in [1.82, 2.24) is 15.1 Å². The Bertz CT molecular complexity index is 878. The number of benzene rings is 1. The average molecular weight is 341 g/mol. The molecule has 0 spiro atoms. The molecule has 3 rings (SSSR count). The Hall–Kier alpha value is -3.29. The fourth-order valence-electron chi connectivity index (χ4n) is 2.29. The molecule has 130 valence electrons. The third-order valence-electron chi connectivity index (χ3n) is 3.38. The molecule has 8 heteroatoms. The molecule has 0 saturated carbocycles. The number of anilines is 4. The molecule has 0 fully saturated rings. The van der Waals surface area contributed by atoms with Gasteiger partial charge in [-0.25, -0.2) is 4.98 Å². The van der Waals surface area contributed by atoms with Crippen LogP contribution >= 0.6 is 0 Å². The Morgan fingerprint density at radius 3 is 2.36 bits per heavy atom. The van der Waals surface area contributed by atoms with E-state index < -0.39 is 0 Å². The van der Waals surface area contributed by atoms with E-state index in [0.29, 0.717) is 29.1 Å². The van der Waals surface area contributed by atoms with Gasteiger partial charge in [-0.2, -0.15) is 4.98 Å². The van der Waals surface area contributed by atoms with Crippen LogP contribution in [0, 0.1) is 13.8 Å². The molecule has 8 nitrogen and oxygen atoms in total. The first kappa shape index (κ1) is 16.6. The lowest BCUT2D eigenvalue weighted by Crippen LogP contribution is -2.03. The molecule has 2 N–H and O–H groups in total. The third kappa shape index (κ3) is 3.97. The maximum atomic E-state index is 5.31. The van der Waals surface area contributed by atoms with Gasteiger partial charge in [0.1, 0.15) is 11.6 Å². The van der Waals surface area contributed by atoms with Gasteiger partial charge in [-0.05, 0) is 26.0 Å². The van der Waals surface area contributed by atoms with E-state index in [0.717, 1.165) is 17.1 Å². The van der Waals surface area contributed by atoms with Crippen LogP contribution in [0.2, 0.25) is 0 Å². The molecule has 0 bridgehead atoms. The minimum absolute atomic E-state index is 0.454. The van der Waals surface area contributed by atoms with Gasteiger partial charge in [0.2, 0.25) is 5.95 Å². The summed E-state index contributed by atoms with van der Waals surface area (Å²) in [4.78, 5) is 8.84. The number of nitrogens with zero attached hydrogens (tertiary/aromatic N) is 3. The van der Waals surface area contributed by atoms with Gasteiger partial charge in [0.15, 0.2) is 17.3 Å². The van der Waals surface area contributed by atoms with Crippen molar-refractivity contribution in [1.29, 1.82) is 0 Å². The molecule has 0 saturated heterocycles. The van der Waals surface area contributed by atoms with Crippen LogP contribution in [-0.4, -0.2) is 29.3 Å². The van der Waals surface area contributed by atoms with E-state index in [4.69, 9.17) is 14.0 Å². The van der Waals surface area contributed by atoms with Crippen LogP contribution in [0.1, 0.15) is 11.5 Å². The normalized spacial score (nSPS) is 10.4. The Morgan fingerprint density at radius 2 is 1.68 bits per heavy atom. The fraction of sp³-hybridized carbons (Fsp3) is 0.235.